The summed E-state index contributed by atoms with van der Waals surface area (Å²) in [5.74, 6) is 0.952. The van der Waals surface area contributed by atoms with Crippen LogP contribution in [-0.2, 0) is 36.0 Å². The number of carbonyl (C=O) groups excluding carboxylic acids is 2. The molecule has 0 N–H and O–H groups in total. The van der Waals surface area contributed by atoms with Gasteiger partial charge in [-0.05, 0) is 48.9 Å². The Morgan fingerprint density at radius 1 is 1.07 bits per heavy atom. The molecule has 9 nitrogen and oxygen atoms in total. The van der Waals surface area contributed by atoms with Gasteiger partial charge >= 0.3 is 0 Å². The highest BCUT2D eigenvalue weighted by atomic mass is 19.3. The molecule has 6 rings (SSSR count). The number of piperidine rings is 1. The van der Waals surface area contributed by atoms with Crippen molar-refractivity contribution in [3.05, 3.63) is 46.9 Å². The van der Waals surface area contributed by atoms with Crippen LogP contribution in [0, 0.1) is 0 Å². The van der Waals surface area contributed by atoms with Crippen molar-refractivity contribution in [2.45, 2.75) is 71.4 Å². The number of nitrogens with zero attached hydrogens (tertiary/aromatic N) is 7. The highest BCUT2D eigenvalue weighted by Crippen LogP contribution is 2.43. The number of carbonyl (C=O) groups is 2. The quantitative estimate of drug-likeness (QED) is 0.445. The summed E-state index contributed by atoms with van der Waals surface area (Å²) in [6, 6.07) is 3.68. The van der Waals surface area contributed by atoms with Gasteiger partial charge in [-0.2, -0.15) is 10.2 Å². The van der Waals surface area contributed by atoms with Gasteiger partial charge in [-0.15, -0.1) is 0 Å². The molecule has 41 heavy (non-hydrogen) atoms. The van der Waals surface area contributed by atoms with E-state index in [1.807, 2.05) is 22.8 Å². The van der Waals surface area contributed by atoms with Gasteiger partial charge in [0, 0.05) is 87.3 Å². The van der Waals surface area contributed by atoms with Crippen molar-refractivity contribution in [1.29, 1.82) is 0 Å². The van der Waals surface area contributed by atoms with Gasteiger partial charge in [-0.1, -0.05) is 6.92 Å². The summed E-state index contributed by atoms with van der Waals surface area (Å²) in [4.78, 5) is 30.5. The SMILES string of the molecule is CCC(=O)N1CCc2c(c(N3CCCc4cc(-c5cnn(C)c5)c(C(F)F)cc43)nn2C2CCN(C(C)=O)CC2)C1. The molecule has 1 fully saturated rings. The summed E-state index contributed by atoms with van der Waals surface area (Å²) in [7, 11) is 1.78. The summed E-state index contributed by atoms with van der Waals surface area (Å²) in [5, 5.41) is 9.39. The van der Waals surface area contributed by atoms with E-state index in [9.17, 15) is 18.4 Å². The van der Waals surface area contributed by atoms with Gasteiger partial charge in [0.05, 0.1) is 18.8 Å². The van der Waals surface area contributed by atoms with Crippen LogP contribution in [0.3, 0.4) is 0 Å². The number of benzene rings is 1. The highest BCUT2D eigenvalue weighted by molar-refractivity contribution is 5.79. The molecule has 0 saturated carbocycles. The molecule has 218 valence electrons. The van der Waals surface area contributed by atoms with Crippen LogP contribution in [0.15, 0.2) is 24.5 Å². The average molecular weight is 566 g/mol. The van der Waals surface area contributed by atoms with Crippen LogP contribution in [0.2, 0.25) is 0 Å². The second-order valence-corrected chi connectivity index (χ2v) is 11.4. The smallest absolute Gasteiger partial charge is 0.264 e. The van der Waals surface area contributed by atoms with E-state index in [4.69, 9.17) is 5.10 Å². The molecule has 0 unspecified atom stereocenters. The van der Waals surface area contributed by atoms with E-state index in [2.05, 4.69) is 14.7 Å². The molecule has 1 saturated heterocycles. The molecule has 11 heteroatoms. The summed E-state index contributed by atoms with van der Waals surface area (Å²) in [6.45, 7) is 6.61. The second-order valence-electron chi connectivity index (χ2n) is 11.4. The Morgan fingerprint density at radius 2 is 1.85 bits per heavy atom. The molecule has 3 aliphatic rings. The van der Waals surface area contributed by atoms with E-state index in [0.717, 1.165) is 54.0 Å². The molecule has 3 aromatic rings. The van der Waals surface area contributed by atoms with Crippen molar-refractivity contribution in [3.8, 4) is 11.1 Å². The van der Waals surface area contributed by atoms with Crippen molar-refractivity contribution < 1.29 is 18.4 Å². The number of hydrogen-bond donors (Lipinski definition) is 0. The Labute approximate surface area is 238 Å². The van der Waals surface area contributed by atoms with E-state index >= 15 is 0 Å². The lowest BCUT2D eigenvalue weighted by Crippen LogP contribution is -2.39. The zero-order chi connectivity index (χ0) is 28.8. The fourth-order valence-corrected chi connectivity index (χ4v) is 6.67. The minimum atomic E-state index is -2.64. The standard InChI is InChI=1S/C30H37F2N7O2/c1-4-28(41)37-13-9-26-25(18-37)30(34-39(26)22-7-11-36(12-8-22)19(2)40)38-10-5-6-20-14-23(21-16-33-35(3)17-21)24(29(31)32)15-27(20)38/h14-17,22,29H,4-13,18H2,1-3H3. The molecule has 0 aliphatic carbocycles. The van der Waals surface area contributed by atoms with Crippen molar-refractivity contribution in [2.24, 2.45) is 7.05 Å². The third-order valence-corrected chi connectivity index (χ3v) is 8.85. The first-order chi connectivity index (χ1) is 19.7. The molecule has 0 atom stereocenters. The van der Waals surface area contributed by atoms with Gasteiger partial charge in [0.25, 0.3) is 6.43 Å². The predicted octanol–water partition coefficient (Wildman–Crippen LogP) is 4.78. The zero-order valence-electron chi connectivity index (χ0n) is 23.9. The maximum absolute atomic E-state index is 14.5. The van der Waals surface area contributed by atoms with Gasteiger partial charge in [-0.3, -0.25) is 19.0 Å². The van der Waals surface area contributed by atoms with Crippen LogP contribution in [0.4, 0.5) is 20.3 Å². The second kappa shape index (κ2) is 10.9. The summed E-state index contributed by atoms with van der Waals surface area (Å²) < 4.78 is 32.7. The average Bonchev–Trinajstić information content (AvgIpc) is 3.59. The van der Waals surface area contributed by atoms with Crippen molar-refractivity contribution in [3.63, 3.8) is 0 Å². The van der Waals surface area contributed by atoms with Crippen LogP contribution in [0.1, 0.15) is 74.4 Å². The first kappa shape index (κ1) is 27.4. The lowest BCUT2D eigenvalue weighted by molar-refractivity contribution is -0.132. The van der Waals surface area contributed by atoms with Gasteiger partial charge < -0.3 is 14.7 Å². The molecule has 1 aromatic carbocycles. The summed E-state index contributed by atoms with van der Waals surface area (Å²) in [5.41, 5.74) is 5.07. The highest BCUT2D eigenvalue weighted by Gasteiger charge is 2.35. The largest absolute Gasteiger partial charge is 0.343 e. The lowest BCUT2D eigenvalue weighted by Gasteiger charge is -2.34. The van der Waals surface area contributed by atoms with E-state index < -0.39 is 6.43 Å². The maximum Gasteiger partial charge on any atom is 0.264 e. The van der Waals surface area contributed by atoms with Crippen molar-refractivity contribution in [1.82, 2.24) is 29.4 Å². The van der Waals surface area contributed by atoms with E-state index in [1.165, 1.54) is 0 Å². The monoisotopic (exact) mass is 565 g/mol. The number of alkyl halides is 2. The Hall–Kier alpha value is -3.76. The Kier molecular flexibility index (Phi) is 7.29. The van der Waals surface area contributed by atoms with Crippen LogP contribution in [0.5, 0.6) is 0 Å². The van der Waals surface area contributed by atoms with Crippen molar-refractivity contribution >= 4 is 23.3 Å². The molecule has 0 bridgehead atoms. The minimum Gasteiger partial charge on any atom is -0.343 e. The number of hydrogen-bond acceptors (Lipinski definition) is 5. The van der Waals surface area contributed by atoms with Crippen LogP contribution >= 0.6 is 0 Å². The van der Waals surface area contributed by atoms with Gasteiger partial charge in [0.15, 0.2) is 5.82 Å². The number of anilines is 2. The molecular formula is C30H37F2N7O2. The summed E-state index contributed by atoms with van der Waals surface area (Å²) in [6.07, 6.45) is 5.16. The Balaban J connectivity index is 1.43. The predicted molar refractivity (Wildman–Crippen MR) is 151 cm³/mol. The zero-order valence-corrected chi connectivity index (χ0v) is 23.9. The molecule has 2 amide bonds. The van der Waals surface area contributed by atoms with Crippen LogP contribution < -0.4 is 4.90 Å². The number of halogens is 2. The number of likely N-dealkylation sites (tertiary alicyclic amines) is 1. The van der Waals surface area contributed by atoms with Crippen molar-refractivity contribution in [2.75, 3.05) is 31.1 Å². The minimum absolute atomic E-state index is 0.0173. The third kappa shape index (κ3) is 4.99. The number of aryl methyl sites for hydroxylation is 2. The normalized spacial score (nSPS) is 17.7. The first-order valence-electron chi connectivity index (χ1n) is 14.6. The Morgan fingerprint density at radius 3 is 2.51 bits per heavy atom. The topological polar surface area (TPSA) is 79.5 Å². The molecule has 0 spiro atoms. The number of rotatable bonds is 5. The Bertz CT molecular complexity index is 1470. The molecule has 3 aliphatic heterocycles. The molecule has 5 heterocycles. The van der Waals surface area contributed by atoms with Crippen LogP contribution in [-0.4, -0.2) is 67.4 Å². The molecular weight excluding hydrogens is 528 g/mol. The molecule has 0 radical (unpaired) electrons. The summed E-state index contributed by atoms with van der Waals surface area (Å²) >= 11 is 0. The van der Waals surface area contributed by atoms with E-state index in [1.54, 1.807) is 37.1 Å². The number of fused-ring (bicyclic) bond motifs is 2. The number of amides is 2. The van der Waals surface area contributed by atoms with Gasteiger partial charge in [0.2, 0.25) is 11.8 Å². The fourth-order valence-electron chi connectivity index (χ4n) is 6.67. The third-order valence-electron chi connectivity index (χ3n) is 8.85. The van der Waals surface area contributed by atoms with E-state index in [-0.39, 0.29) is 23.4 Å². The first-order valence-corrected chi connectivity index (χ1v) is 14.6. The fraction of sp³-hybridized carbons (Fsp3) is 0.533. The van der Waals surface area contributed by atoms with Gasteiger partial charge in [-0.25, -0.2) is 8.78 Å². The van der Waals surface area contributed by atoms with Gasteiger partial charge in [0.1, 0.15) is 0 Å². The lowest BCUT2D eigenvalue weighted by atomic mass is 9.92. The molecule has 2 aromatic heterocycles. The number of aromatic nitrogens is 4. The van der Waals surface area contributed by atoms with E-state index in [0.29, 0.717) is 56.7 Å². The van der Waals surface area contributed by atoms with Crippen LogP contribution in [0.25, 0.3) is 11.1 Å². The maximum atomic E-state index is 14.5.